The maximum absolute atomic E-state index is 14.0. The number of amides is 1. The minimum absolute atomic E-state index is 0.000712. The number of carbonyl (C=O) groups is 1. The molecule has 0 aliphatic rings. The quantitative estimate of drug-likeness (QED) is 0.583. The maximum atomic E-state index is 14.0. The second-order valence-electron chi connectivity index (χ2n) is 6.82. The smallest absolute Gasteiger partial charge is 0.232 e. The van der Waals surface area contributed by atoms with Crippen LogP contribution in [-0.4, -0.2) is 46.9 Å². The van der Waals surface area contributed by atoms with Gasteiger partial charge >= 0.3 is 0 Å². The van der Waals surface area contributed by atoms with Crippen LogP contribution in [0.3, 0.4) is 0 Å². The Balaban J connectivity index is 1.83. The molecule has 1 amide bonds. The van der Waals surface area contributed by atoms with Crippen LogP contribution >= 0.6 is 0 Å². The first kappa shape index (κ1) is 23.5. The third kappa shape index (κ3) is 6.91. The number of sulfonamides is 1. The lowest BCUT2D eigenvalue weighted by Gasteiger charge is -2.23. The summed E-state index contributed by atoms with van der Waals surface area (Å²) in [5.74, 6) is 0.308. The summed E-state index contributed by atoms with van der Waals surface area (Å²) in [6.45, 7) is 2.05. The highest BCUT2D eigenvalue weighted by molar-refractivity contribution is 7.92. The molecule has 0 saturated heterocycles. The Kier molecular flexibility index (Phi) is 8.46. The maximum Gasteiger partial charge on any atom is 0.232 e. The van der Waals surface area contributed by atoms with Crippen LogP contribution in [0.2, 0.25) is 0 Å². The van der Waals surface area contributed by atoms with E-state index in [2.05, 4.69) is 5.32 Å². The van der Waals surface area contributed by atoms with Gasteiger partial charge in [0.25, 0.3) is 0 Å². The van der Waals surface area contributed by atoms with Gasteiger partial charge in [-0.15, -0.1) is 0 Å². The first-order valence-electron chi connectivity index (χ1n) is 9.49. The molecule has 0 radical (unpaired) electrons. The lowest BCUT2D eigenvalue weighted by molar-refractivity contribution is -0.121. The molecule has 7 nitrogen and oxygen atoms in total. The van der Waals surface area contributed by atoms with Crippen LogP contribution in [0.4, 0.5) is 10.1 Å². The number of rotatable bonds is 11. The molecule has 1 atom stereocenters. The predicted molar refractivity (Wildman–Crippen MR) is 114 cm³/mol. The van der Waals surface area contributed by atoms with E-state index < -0.39 is 15.8 Å². The average Bonchev–Trinajstić information content (AvgIpc) is 2.70. The van der Waals surface area contributed by atoms with Crippen molar-refractivity contribution in [1.82, 2.24) is 5.32 Å². The fraction of sp³-hybridized carbons (Fsp3) is 0.381. The van der Waals surface area contributed by atoms with Crippen molar-refractivity contribution >= 4 is 21.6 Å². The first-order valence-corrected chi connectivity index (χ1v) is 11.3. The van der Waals surface area contributed by atoms with Crippen LogP contribution in [-0.2, 0) is 14.8 Å². The first-order chi connectivity index (χ1) is 14.2. The van der Waals surface area contributed by atoms with Gasteiger partial charge in [-0.1, -0.05) is 24.3 Å². The Bertz CT molecular complexity index is 952. The molecule has 0 bridgehead atoms. The molecule has 0 saturated carbocycles. The van der Waals surface area contributed by atoms with Crippen molar-refractivity contribution in [3.8, 4) is 11.5 Å². The van der Waals surface area contributed by atoms with Gasteiger partial charge in [-0.05, 0) is 37.6 Å². The summed E-state index contributed by atoms with van der Waals surface area (Å²) in [6.07, 6.45) is 1.35. The SMILES string of the molecule is COc1ccccc1OC[C@@H](C)NC(=O)CCCN(c1ccccc1F)S(C)(=O)=O. The standard InChI is InChI=1S/C21H27FN2O5S/c1-16(15-29-20-12-7-6-11-19(20)28-2)23-21(25)13-8-14-24(30(3,26)27)18-10-5-4-9-17(18)22/h4-7,9-12,16H,8,13-15H2,1-3H3,(H,23,25)/t16-/m1/s1. The number of para-hydroxylation sites is 3. The van der Waals surface area contributed by atoms with E-state index in [1.807, 2.05) is 12.1 Å². The zero-order valence-corrected chi connectivity index (χ0v) is 18.1. The van der Waals surface area contributed by atoms with Gasteiger partial charge in [0.2, 0.25) is 15.9 Å². The van der Waals surface area contributed by atoms with E-state index >= 15 is 0 Å². The van der Waals surface area contributed by atoms with Gasteiger partial charge < -0.3 is 14.8 Å². The number of benzene rings is 2. The van der Waals surface area contributed by atoms with Gasteiger partial charge in [-0.25, -0.2) is 12.8 Å². The summed E-state index contributed by atoms with van der Waals surface area (Å²) in [7, 11) is -2.13. The monoisotopic (exact) mass is 438 g/mol. The number of halogens is 1. The highest BCUT2D eigenvalue weighted by Crippen LogP contribution is 2.25. The minimum atomic E-state index is -3.68. The highest BCUT2D eigenvalue weighted by atomic mass is 32.2. The number of nitrogens with one attached hydrogen (secondary N) is 1. The summed E-state index contributed by atoms with van der Waals surface area (Å²) in [6, 6.07) is 12.6. The van der Waals surface area contributed by atoms with E-state index in [1.54, 1.807) is 32.2 Å². The Labute approximate surface area is 176 Å². The Hall–Kier alpha value is -2.81. The van der Waals surface area contributed by atoms with E-state index in [4.69, 9.17) is 9.47 Å². The lowest BCUT2D eigenvalue weighted by Crippen LogP contribution is -2.37. The van der Waals surface area contributed by atoms with E-state index in [1.165, 1.54) is 18.2 Å². The Morgan fingerprint density at radius 3 is 2.40 bits per heavy atom. The third-order valence-corrected chi connectivity index (χ3v) is 5.43. The van der Waals surface area contributed by atoms with Crippen molar-refractivity contribution in [2.75, 3.05) is 30.8 Å². The number of methoxy groups -OCH3 is 1. The molecule has 30 heavy (non-hydrogen) atoms. The topological polar surface area (TPSA) is 84.9 Å². The van der Waals surface area contributed by atoms with Crippen molar-refractivity contribution < 1.29 is 27.1 Å². The predicted octanol–water partition coefficient (Wildman–Crippen LogP) is 2.96. The molecule has 0 aliphatic carbocycles. The number of anilines is 1. The van der Waals surface area contributed by atoms with Gasteiger partial charge in [0.05, 0.1) is 25.1 Å². The van der Waals surface area contributed by atoms with Crippen molar-refractivity contribution in [2.24, 2.45) is 0 Å². The molecule has 0 unspecified atom stereocenters. The molecule has 9 heteroatoms. The fourth-order valence-corrected chi connectivity index (χ4v) is 3.81. The van der Waals surface area contributed by atoms with Gasteiger partial charge in [0.15, 0.2) is 11.5 Å². The summed E-state index contributed by atoms with van der Waals surface area (Å²) in [4.78, 5) is 12.2. The largest absolute Gasteiger partial charge is 0.493 e. The molecule has 2 aromatic carbocycles. The number of hydrogen-bond acceptors (Lipinski definition) is 5. The van der Waals surface area contributed by atoms with Crippen LogP contribution in [0.25, 0.3) is 0 Å². The van der Waals surface area contributed by atoms with E-state index in [-0.39, 0.29) is 43.6 Å². The van der Waals surface area contributed by atoms with Crippen molar-refractivity contribution in [3.05, 3.63) is 54.3 Å². The van der Waals surface area contributed by atoms with Crippen LogP contribution in [0.15, 0.2) is 48.5 Å². The normalized spacial score (nSPS) is 12.1. The molecule has 0 fully saturated rings. The minimum Gasteiger partial charge on any atom is -0.493 e. The van der Waals surface area contributed by atoms with E-state index in [0.717, 1.165) is 10.6 Å². The second kappa shape index (κ2) is 10.8. The summed E-state index contributed by atoms with van der Waals surface area (Å²) in [5, 5.41) is 2.80. The van der Waals surface area contributed by atoms with Gasteiger partial charge in [-0.2, -0.15) is 0 Å². The van der Waals surface area contributed by atoms with Crippen molar-refractivity contribution in [3.63, 3.8) is 0 Å². The van der Waals surface area contributed by atoms with Gasteiger partial charge in [-0.3, -0.25) is 9.10 Å². The lowest BCUT2D eigenvalue weighted by atomic mass is 10.2. The highest BCUT2D eigenvalue weighted by Gasteiger charge is 2.20. The fourth-order valence-electron chi connectivity index (χ4n) is 2.84. The van der Waals surface area contributed by atoms with Crippen LogP contribution in [0.5, 0.6) is 11.5 Å². The van der Waals surface area contributed by atoms with Gasteiger partial charge in [0.1, 0.15) is 12.4 Å². The summed E-state index contributed by atoms with van der Waals surface area (Å²) >= 11 is 0. The average molecular weight is 439 g/mol. The third-order valence-electron chi connectivity index (χ3n) is 4.25. The van der Waals surface area contributed by atoms with Crippen molar-refractivity contribution in [1.29, 1.82) is 0 Å². The molecule has 0 aromatic heterocycles. The molecular weight excluding hydrogens is 411 g/mol. The molecule has 164 valence electrons. The zero-order valence-electron chi connectivity index (χ0n) is 17.3. The number of carbonyl (C=O) groups excluding carboxylic acids is 1. The molecule has 1 N–H and O–H groups in total. The molecular formula is C21H27FN2O5S. The van der Waals surface area contributed by atoms with Crippen LogP contribution < -0.4 is 19.1 Å². The van der Waals surface area contributed by atoms with Crippen LogP contribution in [0, 0.1) is 5.82 Å². The summed E-state index contributed by atoms with van der Waals surface area (Å²) in [5.41, 5.74) is -0.0287. The molecule has 2 aromatic rings. The number of hydrogen-bond donors (Lipinski definition) is 1. The van der Waals surface area contributed by atoms with Gasteiger partial charge in [0, 0.05) is 13.0 Å². The van der Waals surface area contributed by atoms with E-state index in [9.17, 15) is 17.6 Å². The molecule has 0 aliphatic heterocycles. The van der Waals surface area contributed by atoms with Crippen LogP contribution in [0.1, 0.15) is 19.8 Å². The Morgan fingerprint density at radius 2 is 1.77 bits per heavy atom. The zero-order chi connectivity index (χ0) is 22.1. The van der Waals surface area contributed by atoms with Crippen molar-refractivity contribution in [2.45, 2.75) is 25.8 Å². The molecule has 0 spiro atoms. The number of nitrogens with zero attached hydrogens (tertiary/aromatic N) is 1. The Morgan fingerprint density at radius 1 is 1.13 bits per heavy atom. The number of ether oxygens (including phenoxy) is 2. The van der Waals surface area contributed by atoms with E-state index in [0.29, 0.717) is 11.5 Å². The molecule has 2 rings (SSSR count). The molecule has 0 heterocycles. The second-order valence-corrected chi connectivity index (χ2v) is 8.73. The summed E-state index contributed by atoms with van der Waals surface area (Å²) < 4.78 is 50.0.